The minimum Gasteiger partial charge on any atom is -0.381 e. The molecule has 0 bridgehead atoms. The van der Waals surface area contributed by atoms with Crippen LogP contribution in [-0.2, 0) is 4.74 Å². The standard InChI is InChI=1S/C18H23N5O2/c24-18(20-17-11-13-3-1-2-4-16(13)21-22-17)19-12-15-5-8-23(15)14-6-9-25-10-7-14/h1-4,11,14-15H,5-10,12H2,(H2,19,20,22,24). The summed E-state index contributed by atoms with van der Waals surface area (Å²) in [6, 6.07) is 10.3. The first kappa shape index (κ1) is 16.2. The Morgan fingerprint density at radius 1 is 1.20 bits per heavy atom. The van der Waals surface area contributed by atoms with Crippen molar-refractivity contribution in [2.24, 2.45) is 0 Å². The van der Waals surface area contributed by atoms with Gasteiger partial charge in [0.15, 0.2) is 5.82 Å². The average molecular weight is 341 g/mol. The number of anilines is 1. The van der Waals surface area contributed by atoms with E-state index in [2.05, 4.69) is 25.7 Å². The summed E-state index contributed by atoms with van der Waals surface area (Å²) in [5.41, 5.74) is 0.815. The van der Waals surface area contributed by atoms with E-state index in [9.17, 15) is 4.79 Å². The van der Waals surface area contributed by atoms with Crippen LogP contribution in [0.3, 0.4) is 0 Å². The number of nitrogens with one attached hydrogen (secondary N) is 2. The van der Waals surface area contributed by atoms with Crippen LogP contribution in [0.4, 0.5) is 10.6 Å². The van der Waals surface area contributed by atoms with Crippen molar-refractivity contribution in [2.45, 2.75) is 31.3 Å². The number of nitrogens with zero attached hydrogens (tertiary/aromatic N) is 3. The van der Waals surface area contributed by atoms with Crippen LogP contribution in [0.5, 0.6) is 0 Å². The van der Waals surface area contributed by atoms with Crippen molar-refractivity contribution in [3.8, 4) is 0 Å². The van der Waals surface area contributed by atoms with Crippen LogP contribution in [0.1, 0.15) is 19.3 Å². The predicted molar refractivity (Wildman–Crippen MR) is 95.5 cm³/mol. The Labute approximate surface area is 146 Å². The molecular weight excluding hydrogens is 318 g/mol. The van der Waals surface area contributed by atoms with Gasteiger partial charge in [-0.2, -0.15) is 0 Å². The van der Waals surface area contributed by atoms with Gasteiger partial charge in [-0.05, 0) is 31.4 Å². The van der Waals surface area contributed by atoms with E-state index in [1.807, 2.05) is 30.3 Å². The van der Waals surface area contributed by atoms with Crippen LogP contribution in [0.25, 0.3) is 10.9 Å². The zero-order valence-electron chi connectivity index (χ0n) is 14.1. The number of fused-ring (bicyclic) bond motifs is 1. The summed E-state index contributed by atoms with van der Waals surface area (Å²) < 4.78 is 5.43. The lowest BCUT2D eigenvalue weighted by molar-refractivity contribution is -0.0217. The number of carbonyl (C=O) groups excluding carboxylic acids is 1. The molecule has 2 aliphatic heterocycles. The molecule has 2 amide bonds. The van der Waals surface area contributed by atoms with Gasteiger partial charge in [0.25, 0.3) is 0 Å². The average Bonchev–Trinajstić information content (AvgIpc) is 2.62. The second kappa shape index (κ2) is 7.33. The fraction of sp³-hybridized carbons (Fsp3) is 0.500. The van der Waals surface area contributed by atoms with Crippen molar-refractivity contribution in [1.82, 2.24) is 20.4 Å². The van der Waals surface area contributed by atoms with Gasteiger partial charge < -0.3 is 10.1 Å². The van der Waals surface area contributed by atoms with Gasteiger partial charge >= 0.3 is 6.03 Å². The summed E-state index contributed by atoms with van der Waals surface area (Å²) in [7, 11) is 0. The quantitative estimate of drug-likeness (QED) is 0.889. The monoisotopic (exact) mass is 341 g/mol. The van der Waals surface area contributed by atoms with Crippen molar-refractivity contribution < 1.29 is 9.53 Å². The zero-order chi connectivity index (χ0) is 17.1. The van der Waals surface area contributed by atoms with E-state index in [4.69, 9.17) is 4.74 Å². The molecule has 0 radical (unpaired) electrons. The van der Waals surface area contributed by atoms with Gasteiger partial charge in [-0.15, -0.1) is 10.2 Å². The Morgan fingerprint density at radius 2 is 2.04 bits per heavy atom. The molecule has 2 aromatic rings. The van der Waals surface area contributed by atoms with E-state index in [0.717, 1.165) is 49.9 Å². The molecule has 3 heterocycles. The fourth-order valence-electron chi connectivity index (χ4n) is 3.59. The highest BCUT2D eigenvalue weighted by molar-refractivity contribution is 5.90. The number of aromatic nitrogens is 2. The van der Waals surface area contributed by atoms with Crippen LogP contribution < -0.4 is 10.6 Å². The van der Waals surface area contributed by atoms with Crippen molar-refractivity contribution >= 4 is 22.8 Å². The number of urea groups is 1. The normalized spacial score (nSPS) is 21.7. The number of rotatable bonds is 4. The second-order valence-electron chi connectivity index (χ2n) is 6.65. The molecule has 2 fully saturated rings. The highest BCUT2D eigenvalue weighted by atomic mass is 16.5. The molecule has 0 spiro atoms. The van der Waals surface area contributed by atoms with E-state index in [1.54, 1.807) is 0 Å². The van der Waals surface area contributed by atoms with Crippen LogP contribution in [0.15, 0.2) is 30.3 Å². The van der Waals surface area contributed by atoms with Gasteiger partial charge in [-0.25, -0.2) is 4.79 Å². The van der Waals surface area contributed by atoms with E-state index >= 15 is 0 Å². The van der Waals surface area contributed by atoms with Crippen LogP contribution in [-0.4, -0.2) is 59.5 Å². The summed E-state index contributed by atoms with van der Waals surface area (Å²) in [4.78, 5) is 14.6. The number of hydrogen-bond acceptors (Lipinski definition) is 5. The van der Waals surface area contributed by atoms with E-state index in [0.29, 0.717) is 24.4 Å². The molecule has 7 nitrogen and oxygen atoms in total. The van der Waals surface area contributed by atoms with Crippen molar-refractivity contribution in [3.63, 3.8) is 0 Å². The first-order valence-corrected chi connectivity index (χ1v) is 8.90. The van der Waals surface area contributed by atoms with Gasteiger partial charge in [0.2, 0.25) is 0 Å². The first-order chi connectivity index (χ1) is 12.3. The van der Waals surface area contributed by atoms with Crippen LogP contribution >= 0.6 is 0 Å². The van der Waals surface area contributed by atoms with Crippen molar-refractivity contribution in [1.29, 1.82) is 0 Å². The smallest absolute Gasteiger partial charge is 0.320 e. The molecule has 0 aliphatic carbocycles. The Hall–Kier alpha value is -2.25. The Kier molecular flexibility index (Phi) is 4.76. The predicted octanol–water partition coefficient (Wildman–Crippen LogP) is 2.00. The minimum atomic E-state index is -0.233. The van der Waals surface area contributed by atoms with E-state index in [-0.39, 0.29) is 6.03 Å². The summed E-state index contributed by atoms with van der Waals surface area (Å²) >= 11 is 0. The second-order valence-corrected chi connectivity index (χ2v) is 6.65. The maximum absolute atomic E-state index is 12.1. The summed E-state index contributed by atoms with van der Waals surface area (Å²) in [5, 5.41) is 14.9. The largest absolute Gasteiger partial charge is 0.381 e. The van der Waals surface area contributed by atoms with Crippen LogP contribution in [0.2, 0.25) is 0 Å². The maximum Gasteiger partial charge on any atom is 0.320 e. The van der Waals surface area contributed by atoms with E-state index in [1.165, 1.54) is 0 Å². The number of ether oxygens (including phenoxy) is 1. The molecule has 2 saturated heterocycles. The van der Waals surface area contributed by atoms with Gasteiger partial charge in [0, 0.05) is 43.8 Å². The highest BCUT2D eigenvalue weighted by Gasteiger charge is 2.34. The van der Waals surface area contributed by atoms with Gasteiger partial charge in [-0.1, -0.05) is 18.2 Å². The zero-order valence-corrected chi connectivity index (χ0v) is 14.1. The third kappa shape index (κ3) is 3.72. The molecular formula is C18H23N5O2. The molecule has 7 heteroatoms. The molecule has 1 aromatic carbocycles. The summed E-state index contributed by atoms with van der Waals surface area (Å²) in [5.74, 6) is 0.464. The SMILES string of the molecule is O=C(NCC1CCN1C1CCOCC1)Nc1cc2ccccc2nn1. The molecule has 4 rings (SSSR count). The topological polar surface area (TPSA) is 79.4 Å². The van der Waals surface area contributed by atoms with E-state index < -0.39 is 0 Å². The first-order valence-electron chi connectivity index (χ1n) is 8.90. The fourth-order valence-corrected chi connectivity index (χ4v) is 3.59. The Morgan fingerprint density at radius 3 is 2.84 bits per heavy atom. The molecule has 1 unspecified atom stereocenters. The molecule has 0 saturated carbocycles. The highest BCUT2D eigenvalue weighted by Crippen LogP contribution is 2.25. The Bertz CT molecular complexity index is 747. The number of amides is 2. The van der Waals surface area contributed by atoms with Crippen LogP contribution in [0, 0.1) is 0 Å². The third-order valence-corrected chi connectivity index (χ3v) is 5.08. The molecule has 25 heavy (non-hydrogen) atoms. The molecule has 2 aliphatic rings. The lowest BCUT2D eigenvalue weighted by Crippen LogP contribution is -2.58. The summed E-state index contributed by atoms with van der Waals surface area (Å²) in [6.07, 6.45) is 3.32. The lowest BCUT2D eigenvalue weighted by atomic mass is 9.95. The van der Waals surface area contributed by atoms with Crippen molar-refractivity contribution in [2.75, 3.05) is 31.6 Å². The maximum atomic E-state index is 12.1. The number of hydrogen-bond donors (Lipinski definition) is 2. The number of benzene rings is 1. The summed E-state index contributed by atoms with van der Waals surface area (Å²) in [6.45, 7) is 3.48. The Balaban J connectivity index is 1.28. The third-order valence-electron chi connectivity index (χ3n) is 5.08. The molecule has 1 aromatic heterocycles. The molecule has 132 valence electrons. The molecule has 2 N–H and O–H groups in total. The van der Waals surface area contributed by atoms with Gasteiger partial charge in [0.1, 0.15) is 0 Å². The molecule has 1 atom stereocenters. The van der Waals surface area contributed by atoms with Gasteiger partial charge in [-0.3, -0.25) is 10.2 Å². The van der Waals surface area contributed by atoms with Crippen molar-refractivity contribution in [3.05, 3.63) is 30.3 Å². The lowest BCUT2D eigenvalue weighted by Gasteiger charge is -2.47. The minimum absolute atomic E-state index is 0.233. The number of likely N-dealkylation sites (tertiary alicyclic amines) is 1. The number of carbonyl (C=O) groups is 1. The van der Waals surface area contributed by atoms with Gasteiger partial charge in [0.05, 0.1) is 5.52 Å².